The molecule has 1 N–H and O–H groups in total. The highest BCUT2D eigenvalue weighted by molar-refractivity contribution is 4.83. The molecule has 5 heteroatoms. The van der Waals surface area contributed by atoms with Gasteiger partial charge in [-0.05, 0) is 17.4 Å². The quantitative estimate of drug-likeness (QED) is 0.589. The normalized spacial score (nSPS) is 9.70. The summed E-state index contributed by atoms with van der Waals surface area (Å²) in [5, 5.41) is 19.3. The second-order valence-corrected chi connectivity index (χ2v) is 1.95. The molecule has 0 saturated heterocycles. The molecule has 0 spiro atoms. The van der Waals surface area contributed by atoms with Gasteiger partial charge in [0, 0.05) is 0 Å². The van der Waals surface area contributed by atoms with Crippen LogP contribution in [0.4, 0.5) is 0 Å². The summed E-state index contributed by atoms with van der Waals surface area (Å²) in [6.07, 6.45) is 0. The summed E-state index contributed by atoms with van der Waals surface area (Å²) in [6.45, 7) is 5.33. The second kappa shape index (κ2) is 2.47. The smallest absolute Gasteiger partial charge is 0.148 e. The average molecular weight is 140 g/mol. The summed E-state index contributed by atoms with van der Waals surface area (Å²) in [6, 6.07) is 0. The molecule has 0 unspecified atom stereocenters. The van der Waals surface area contributed by atoms with E-state index in [2.05, 4.69) is 22.1 Å². The Morgan fingerprint density at radius 1 is 1.80 bits per heavy atom. The summed E-state index contributed by atoms with van der Waals surface area (Å²) in [4.78, 5) is 0. The SMILES string of the molecule is C=C(O)Cn1nnnc1C. The van der Waals surface area contributed by atoms with E-state index in [0.717, 1.165) is 0 Å². The molecule has 0 aliphatic carbocycles. The van der Waals surface area contributed by atoms with Crippen molar-refractivity contribution in [2.45, 2.75) is 13.5 Å². The molecule has 10 heavy (non-hydrogen) atoms. The van der Waals surface area contributed by atoms with Crippen molar-refractivity contribution in [2.75, 3.05) is 0 Å². The predicted molar refractivity (Wildman–Crippen MR) is 34.3 cm³/mol. The average Bonchev–Trinajstić information content (AvgIpc) is 2.15. The Morgan fingerprint density at radius 2 is 2.50 bits per heavy atom. The Morgan fingerprint density at radius 3 is 2.90 bits per heavy atom. The van der Waals surface area contributed by atoms with Gasteiger partial charge in [-0.1, -0.05) is 6.58 Å². The summed E-state index contributed by atoms with van der Waals surface area (Å²) in [5.74, 6) is 0.714. The van der Waals surface area contributed by atoms with Crippen LogP contribution in [-0.2, 0) is 6.54 Å². The van der Waals surface area contributed by atoms with Crippen molar-refractivity contribution >= 4 is 0 Å². The zero-order valence-electron chi connectivity index (χ0n) is 5.65. The number of rotatable bonds is 2. The molecule has 1 aromatic rings. The van der Waals surface area contributed by atoms with E-state index in [1.807, 2.05) is 0 Å². The van der Waals surface area contributed by atoms with E-state index < -0.39 is 0 Å². The molecule has 0 amide bonds. The lowest BCUT2D eigenvalue weighted by molar-refractivity contribution is 0.366. The van der Waals surface area contributed by atoms with Gasteiger partial charge in [0.2, 0.25) is 0 Å². The number of aromatic nitrogens is 4. The number of aliphatic hydroxyl groups is 1. The van der Waals surface area contributed by atoms with E-state index in [-0.39, 0.29) is 12.3 Å². The second-order valence-electron chi connectivity index (χ2n) is 1.95. The largest absolute Gasteiger partial charge is 0.511 e. The molecule has 5 nitrogen and oxygen atoms in total. The van der Waals surface area contributed by atoms with Crippen molar-refractivity contribution in [3.8, 4) is 0 Å². The van der Waals surface area contributed by atoms with Crippen LogP contribution in [0.2, 0.25) is 0 Å². The zero-order chi connectivity index (χ0) is 7.56. The number of hydrogen-bond acceptors (Lipinski definition) is 4. The van der Waals surface area contributed by atoms with E-state index in [0.29, 0.717) is 5.82 Å². The van der Waals surface area contributed by atoms with Gasteiger partial charge in [0.25, 0.3) is 0 Å². The van der Waals surface area contributed by atoms with Crippen LogP contribution >= 0.6 is 0 Å². The standard InChI is InChI=1S/C5H8N4O/c1-4(10)3-9-5(2)6-7-8-9/h10H,1,3H2,2H3. The van der Waals surface area contributed by atoms with Gasteiger partial charge >= 0.3 is 0 Å². The van der Waals surface area contributed by atoms with Crippen LogP contribution < -0.4 is 0 Å². The Hall–Kier alpha value is -1.39. The third-order valence-corrected chi connectivity index (χ3v) is 1.04. The molecule has 0 saturated carbocycles. The maximum absolute atomic E-state index is 8.74. The number of nitrogens with zero attached hydrogens (tertiary/aromatic N) is 4. The van der Waals surface area contributed by atoms with Gasteiger partial charge in [-0.2, -0.15) is 0 Å². The van der Waals surface area contributed by atoms with Crippen LogP contribution in [0.3, 0.4) is 0 Å². The summed E-state index contributed by atoms with van der Waals surface area (Å²) >= 11 is 0. The Balaban J connectivity index is 2.74. The first kappa shape index (κ1) is 6.73. The molecule has 0 fully saturated rings. The fourth-order valence-electron chi connectivity index (χ4n) is 0.568. The number of aryl methyl sites for hydroxylation is 1. The van der Waals surface area contributed by atoms with E-state index in [1.165, 1.54) is 4.68 Å². The van der Waals surface area contributed by atoms with Crippen LogP contribution in [-0.4, -0.2) is 25.3 Å². The van der Waals surface area contributed by atoms with Crippen LogP contribution in [0.5, 0.6) is 0 Å². The fourth-order valence-corrected chi connectivity index (χ4v) is 0.568. The zero-order valence-corrected chi connectivity index (χ0v) is 5.65. The molecule has 0 aliphatic heterocycles. The Kier molecular flexibility index (Phi) is 1.66. The molecule has 0 aliphatic rings. The molecule has 54 valence electrons. The molecular formula is C5H8N4O. The van der Waals surface area contributed by atoms with Crippen molar-refractivity contribution in [3.63, 3.8) is 0 Å². The van der Waals surface area contributed by atoms with Crippen molar-refractivity contribution in [3.05, 3.63) is 18.2 Å². The third-order valence-electron chi connectivity index (χ3n) is 1.04. The van der Waals surface area contributed by atoms with Gasteiger partial charge in [-0.15, -0.1) is 5.10 Å². The molecule has 0 bridgehead atoms. The molecule has 1 aromatic heterocycles. The first-order valence-electron chi connectivity index (χ1n) is 2.79. The van der Waals surface area contributed by atoms with Crippen LogP contribution in [0.15, 0.2) is 12.3 Å². The van der Waals surface area contributed by atoms with Gasteiger partial charge in [0.05, 0.1) is 0 Å². The summed E-state index contributed by atoms with van der Waals surface area (Å²) < 4.78 is 1.46. The van der Waals surface area contributed by atoms with E-state index in [9.17, 15) is 0 Å². The first-order valence-corrected chi connectivity index (χ1v) is 2.79. The molecule has 1 rings (SSSR count). The number of tetrazole rings is 1. The van der Waals surface area contributed by atoms with E-state index in [4.69, 9.17) is 5.11 Å². The predicted octanol–water partition coefficient (Wildman–Crippen LogP) is 0.0532. The highest BCUT2D eigenvalue weighted by Crippen LogP contribution is 1.92. The first-order chi connectivity index (χ1) is 4.70. The molecule has 0 atom stereocenters. The lowest BCUT2D eigenvalue weighted by Crippen LogP contribution is -2.04. The summed E-state index contributed by atoms with van der Waals surface area (Å²) in [7, 11) is 0. The highest BCUT2D eigenvalue weighted by Gasteiger charge is 1.99. The van der Waals surface area contributed by atoms with Crippen molar-refractivity contribution in [1.29, 1.82) is 0 Å². The lowest BCUT2D eigenvalue weighted by Gasteiger charge is -1.96. The van der Waals surface area contributed by atoms with Gasteiger partial charge in [0.1, 0.15) is 18.1 Å². The number of aliphatic hydroxyl groups excluding tert-OH is 1. The summed E-state index contributed by atoms with van der Waals surface area (Å²) in [5.41, 5.74) is 0. The minimum Gasteiger partial charge on any atom is -0.511 e. The molecule has 1 heterocycles. The van der Waals surface area contributed by atoms with Gasteiger partial charge in [-0.3, -0.25) is 0 Å². The van der Waals surface area contributed by atoms with Gasteiger partial charge in [-0.25, -0.2) is 4.68 Å². The van der Waals surface area contributed by atoms with Gasteiger partial charge < -0.3 is 5.11 Å². The monoisotopic (exact) mass is 140 g/mol. The van der Waals surface area contributed by atoms with Crippen molar-refractivity contribution in [1.82, 2.24) is 20.2 Å². The maximum atomic E-state index is 8.74. The maximum Gasteiger partial charge on any atom is 0.148 e. The van der Waals surface area contributed by atoms with E-state index >= 15 is 0 Å². The van der Waals surface area contributed by atoms with Crippen LogP contribution in [0, 0.1) is 6.92 Å². The minimum absolute atomic E-state index is 0.0513. The molecule has 0 radical (unpaired) electrons. The minimum atomic E-state index is 0.0513. The third kappa shape index (κ3) is 1.31. The fraction of sp³-hybridized carbons (Fsp3) is 0.400. The van der Waals surface area contributed by atoms with E-state index in [1.54, 1.807) is 6.92 Å². The van der Waals surface area contributed by atoms with Crippen molar-refractivity contribution in [2.24, 2.45) is 0 Å². The van der Waals surface area contributed by atoms with Crippen LogP contribution in [0.1, 0.15) is 5.82 Å². The highest BCUT2D eigenvalue weighted by atomic mass is 16.3. The lowest BCUT2D eigenvalue weighted by atomic mass is 10.5. The van der Waals surface area contributed by atoms with Crippen molar-refractivity contribution < 1.29 is 5.11 Å². The topological polar surface area (TPSA) is 63.8 Å². The Bertz CT molecular complexity index is 242. The number of hydrogen-bond donors (Lipinski definition) is 1. The van der Waals surface area contributed by atoms with Gasteiger partial charge in [0.15, 0.2) is 0 Å². The van der Waals surface area contributed by atoms with Crippen LogP contribution in [0.25, 0.3) is 0 Å². The Labute approximate surface area is 58.0 Å². The number of allylic oxidation sites excluding steroid dienone is 1. The molecule has 0 aromatic carbocycles. The molecular weight excluding hydrogens is 132 g/mol.